The average Bonchev–Trinajstić information content (AvgIpc) is 1.96. The Balaban J connectivity index is 3.93. The summed E-state index contributed by atoms with van der Waals surface area (Å²) in [6, 6.07) is 0. The summed E-state index contributed by atoms with van der Waals surface area (Å²) in [6.45, 7) is 7.41. The van der Waals surface area contributed by atoms with Crippen molar-refractivity contribution in [3.05, 3.63) is 0 Å². The quantitative estimate of drug-likeness (QED) is 0.529. The predicted octanol–water partition coefficient (Wildman–Crippen LogP) is 0.904. The highest BCUT2D eigenvalue weighted by molar-refractivity contribution is 5.69. The molecule has 0 radical (unpaired) electrons. The van der Waals surface area contributed by atoms with Crippen LogP contribution in [-0.2, 0) is 9.53 Å². The Kier molecular flexibility index (Phi) is 4.23. The lowest BCUT2D eigenvalue weighted by molar-refractivity contribution is -0.120. The Labute approximate surface area is 78.0 Å². The van der Waals surface area contributed by atoms with Crippen LogP contribution in [0.4, 0.5) is 4.79 Å². The molecule has 0 saturated heterocycles. The lowest BCUT2D eigenvalue weighted by atomic mass is 10.2. The monoisotopic (exact) mass is 188 g/mol. The molecule has 0 aliphatic heterocycles. The number of hydrogen-bond donors (Lipinski definition) is 1. The van der Waals surface area contributed by atoms with Gasteiger partial charge in [-0.3, -0.25) is 9.80 Å². The average molecular weight is 188 g/mol. The molecule has 0 bridgehead atoms. The van der Waals surface area contributed by atoms with Gasteiger partial charge in [0, 0.05) is 6.54 Å². The summed E-state index contributed by atoms with van der Waals surface area (Å²) in [5.41, 5.74) is 1.73. The summed E-state index contributed by atoms with van der Waals surface area (Å²) >= 11 is 0. The smallest absolute Gasteiger partial charge is 0.426 e. The maximum atomic E-state index is 11.1. The van der Waals surface area contributed by atoms with Crippen LogP contribution in [0.3, 0.4) is 0 Å². The molecule has 76 valence electrons. The van der Waals surface area contributed by atoms with Gasteiger partial charge in [0.05, 0.1) is 0 Å². The van der Waals surface area contributed by atoms with Gasteiger partial charge in [0.1, 0.15) is 5.60 Å². The van der Waals surface area contributed by atoms with Gasteiger partial charge in [0.15, 0.2) is 0 Å². The number of hydrogen-bond acceptors (Lipinski definition) is 3. The Morgan fingerprint density at radius 3 is 2.38 bits per heavy atom. The normalized spacial score (nSPS) is 10.5. The SMILES string of the molecule is CCN(C=O)NC(=O)OC(C)(C)C. The largest absolute Gasteiger partial charge is 0.443 e. The maximum absolute atomic E-state index is 11.1. The molecule has 0 rings (SSSR count). The highest BCUT2D eigenvalue weighted by Crippen LogP contribution is 2.06. The minimum absolute atomic E-state index is 0.405. The van der Waals surface area contributed by atoms with E-state index < -0.39 is 11.7 Å². The fourth-order valence-electron chi connectivity index (χ4n) is 0.598. The first-order valence-electron chi connectivity index (χ1n) is 4.10. The zero-order valence-electron chi connectivity index (χ0n) is 8.46. The van der Waals surface area contributed by atoms with E-state index in [0.29, 0.717) is 13.0 Å². The van der Waals surface area contributed by atoms with Crippen LogP contribution in [0.5, 0.6) is 0 Å². The number of rotatable bonds is 3. The number of nitrogens with one attached hydrogen (secondary N) is 1. The summed E-state index contributed by atoms with van der Waals surface area (Å²) in [7, 11) is 0. The van der Waals surface area contributed by atoms with Crippen LogP contribution in [0, 0.1) is 0 Å². The van der Waals surface area contributed by atoms with E-state index in [1.165, 1.54) is 0 Å². The van der Waals surface area contributed by atoms with E-state index in [-0.39, 0.29) is 0 Å². The number of ether oxygens (including phenoxy) is 1. The third kappa shape index (κ3) is 5.95. The molecular weight excluding hydrogens is 172 g/mol. The summed E-state index contributed by atoms with van der Waals surface area (Å²) < 4.78 is 4.92. The molecule has 2 amide bonds. The lowest BCUT2D eigenvalue weighted by Gasteiger charge is -2.22. The van der Waals surface area contributed by atoms with Gasteiger partial charge in [-0.2, -0.15) is 0 Å². The van der Waals surface area contributed by atoms with Crippen molar-refractivity contribution < 1.29 is 14.3 Å². The molecule has 13 heavy (non-hydrogen) atoms. The summed E-state index contributed by atoms with van der Waals surface area (Å²) in [5, 5.41) is 1.11. The summed E-state index contributed by atoms with van der Waals surface area (Å²) in [6.07, 6.45) is -0.0920. The molecule has 0 fully saturated rings. The molecule has 0 atom stereocenters. The Bertz CT molecular complexity index is 186. The van der Waals surface area contributed by atoms with Crippen LogP contribution in [0.25, 0.3) is 0 Å². The first-order valence-corrected chi connectivity index (χ1v) is 4.10. The van der Waals surface area contributed by atoms with Crippen molar-refractivity contribution in [1.82, 2.24) is 10.4 Å². The van der Waals surface area contributed by atoms with Gasteiger partial charge in [-0.1, -0.05) is 0 Å². The first-order chi connectivity index (χ1) is 5.89. The first kappa shape index (κ1) is 11.7. The number of amides is 2. The van der Waals surface area contributed by atoms with Gasteiger partial charge >= 0.3 is 6.09 Å². The fourth-order valence-corrected chi connectivity index (χ4v) is 0.598. The summed E-state index contributed by atoms with van der Waals surface area (Å²) in [5.74, 6) is 0. The second-order valence-electron chi connectivity index (χ2n) is 3.51. The minimum Gasteiger partial charge on any atom is -0.443 e. The minimum atomic E-state index is -0.624. The summed E-state index contributed by atoms with van der Waals surface area (Å²) in [4.78, 5) is 21.3. The molecular formula is C8H16N2O3. The molecule has 0 aliphatic rings. The third-order valence-electron chi connectivity index (χ3n) is 1.10. The fraction of sp³-hybridized carbons (Fsp3) is 0.750. The molecule has 5 nitrogen and oxygen atoms in total. The van der Waals surface area contributed by atoms with E-state index >= 15 is 0 Å². The topological polar surface area (TPSA) is 58.6 Å². The molecule has 0 aromatic carbocycles. The van der Waals surface area contributed by atoms with Crippen LogP contribution >= 0.6 is 0 Å². The second-order valence-corrected chi connectivity index (χ2v) is 3.51. The van der Waals surface area contributed by atoms with E-state index in [1.807, 2.05) is 0 Å². The Morgan fingerprint density at radius 2 is 2.08 bits per heavy atom. The number of nitrogens with zero attached hydrogens (tertiary/aromatic N) is 1. The molecule has 0 aromatic heterocycles. The van der Waals surface area contributed by atoms with Crippen molar-refractivity contribution in [2.24, 2.45) is 0 Å². The van der Waals surface area contributed by atoms with Crippen LogP contribution in [0.1, 0.15) is 27.7 Å². The Hall–Kier alpha value is -1.26. The van der Waals surface area contributed by atoms with Gasteiger partial charge in [-0.25, -0.2) is 10.2 Å². The lowest BCUT2D eigenvalue weighted by Crippen LogP contribution is -2.43. The van der Waals surface area contributed by atoms with Crippen molar-refractivity contribution in [3.8, 4) is 0 Å². The van der Waals surface area contributed by atoms with Gasteiger partial charge in [0.25, 0.3) is 0 Å². The van der Waals surface area contributed by atoms with E-state index in [1.54, 1.807) is 27.7 Å². The Morgan fingerprint density at radius 1 is 1.54 bits per heavy atom. The van der Waals surface area contributed by atoms with Crippen molar-refractivity contribution in [2.45, 2.75) is 33.3 Å². The van der Waals surface area contributed by atoms with Gasteiger partial charge in [-0.05, 0) is 27.7 Å². The third-order valence-corrected chi connectivity index (χ3v) is 1.10. The predicted molar refractivity (Wildman–Crippen MR) is 47.8 cm³/mol. The van der Waals surface area contributed by atoms with Crippen molar-refractivity contribution in [1.29, 1.82) is 0 Å². The zero-order chi connectivity index (χ0) is 10.5. The van der Waals surface area contributed by atoms with Crippen LogP contribution in [-0.4, -0.2) is 29.7 Å². The molecule has 1 N–H and O–H groups in total. The van der Waals surface area contributed by atoms with Crippen LogP contribution in [0.15, 0.2) is 0 Å². The van der Waals surface area contributed by atoms with Crippen molar-refractivity contribution >= 4 is 12.5 Å². The second kappa shape index (κ2) is 4.69. The van der Waals surface area contributed by atoms with Gasteiger partial charge in [-0.15, -0.1) is 0 Å². The molecule has 0 saturated carbocycles. The number of carbonyl (C=O) groups excluding carboxylic acids is 2. The van der Waals surface area contributed by atoms with E-state index in [4.69, 9.17) is 4.74 Å². The van der Waals surface area contributed by atoms with Crippen molar-refractivity contribution in [2.75, 3.05) is 6.54 Å². The van der Waals surface area contributed by atoms with E-state index in [0.717, 1.165) is 5.01 Å². The maximum Gasteiger partial charge on any atom is 0.426 e. The molecule has 0 spiro atoms. The highest BCUT2D eigenvalue weighted by Gasteiger charge is 2.16. The number of hydrazine groups is 1. The van der Waals surface area contributed by atoms with E-state index in [2.05, 4.69) is 5.43 Å². The molecule has 0 aliphatic carbocycles. The number of carbonyl (C=O) groups is 2. The van der Waals surface area contributed by atoms with E-state index in [9.17, 15) is 9.59 Å². The zero-order valence-corrected chi connectivity index (χ0v) is 8.46. The highest BCUT2D eigenvalue weighted by atomic mass is 16.6. The van der Waals surface area contributed by atoms with Gasteiger partial charge in [0.2, 0.25) is 6.41 Å². The molecule has 0 heterocycles. The van der Waals surface area contributed by atoms with Crippen LogP contribution < -0.4 is 5.43 Å². The molecule has 0 unspecified atom stereocenters. The standard InChI is InChI=1S/C8H16N2O3/c1-5-10(6-11)9-7(12)13-8(2,3)4/h6H,5H2,1-4H3,(H,9,12). The van der Waals surface area contributed by atoms with Crippen molar-refractivity contribution in [3.63, 3.8) is 0 Å². The van der Waals surface area contributed by atoms with Gasteiger partial charge < -0.3 is 4.74 Å². The molecule has 0 aromatic rings. The van der Waals surface area contributed by atoms with Crippen LogP contribution in [0.2, 0.25) is 0 Å². The molecule has 5 heteroatoms.